The summed E-state index contributed by atoms with van der Waals surface area (Å²) in [4.78, 5) is 63.3. The molecule has 4 heterocycles. The number of carbonyl (C=O) groups excluding carboxylic acids is 4. The van der Waals surface area contributed by atoms with Gasteiger partial charge in [-0.05, 0) is 55.9 Å². The van der Waals surface area contributed by atoms with Gasteiger partial charge in [0.2, 0.25) is 11.8 Å². The number of hydrogen-bond donors (Lipinski definition) is 1. The zero-order valence-electron chi connectivity index (χ0n) is 30.6. The standard InChI is InChI=1S/C43H47N3O7/c1-27-15-13-16-28(2)37(27)45-24-14-23-43-36(40(49)46(39(43)41(45)50)32(26-47)25-30-17-7-5-8-18-30)35-33(53-43)21-11-12-22-34(48)44(4)29(3)38(52-42(35)51)31-19-9-6-10-20-31/h5-11,13-21,23,29,32-33,35-36,38-39,47H,12,22,24-26H2,1-4H3/b21-11-/t29-,32+,33-,35+,36+,38+,39-,43+/m0/s1. The van der Waals surface area contributed by atoms with E-state index >= 15 is 9.59 Å². The summed E-state index contributed by atoms with van der Waals surface area (Å²) in [5.41, 5.74) is 2.59. The van der Waals surface area contributed by atoms with E-state index in [4.69, 9.17) is 9.47 Å². The largest absolute Gasteiger partial charge is 0.455 e. The number of allylic oxidation sites excluding steroid dienone is 1. The molecule has 0 radical (unpaired) electrons. The second-order valence-electron chi connectivity index (χ2n) is 14.7. The SMILES string of the molecule is Cc1cccc(C)c1N1CC=C[C@@]23O[C@H]4/C=C\CCC(=O)N(C)[C@@H](C)[C@H](c5ccccc5)OC(=O)[C@H]4[C@@H]2C(=O)N([C@@H](CO)Cc2ccccc2)[C@H]3C1=O. The lowest BCUT2D eigenvalue weighted by atomic mass is 9.77. The number of likely N-dealkylation sites (N-methyl/N-ethyl adjacent to an activating group) is 1. The van der Waals surface area contributed by atoms with Gasteiger partial charge in [0.05, 0.1) is 30.7 Å². The van der Waals surface area contributed by atoms with Gasteiger partial charge in [0.15, 0.2) is 0 Å². The molecule has 3 aromatic carbocycles. The number of esters is 1. The Morgan fingerprint density at radius 2 is 1.57 bits per heavy atom. The minimum Gasteiger partial charge on any atom is -0.455 e. The van der Waals surface area contributed by atoms with Gasteiger partial charge in [0, 0.05) is 25.7 Å². The second kappa shape index (κ2) is 14.8. The molecule has 2 saturated heterocycles. The van der Waals surface area contributed by atoms with Crippen molar-refractivity contribution in [3.05, 3.63) is 125 Å². The molecule has 1 spiro atoms. The van der Waals surface area contributed by atoms with E-state index in [-0.39, 0.29) is 31.2 Å². The molecule has 0 saturated carbocycles. The summed E-state index contributed by atoms with van der Waals surface area (Å²) in [6.07, 6.45) is 6.35. The van der Waals surface area contributed by atoms with Gasteiger partial charge in [-0.1, -0.05) is 103 Å². The monoisotopic (exact) mass is 717 g/mol. The minimum absolute atomic E-state index is 0.0951. The van der Waals surface area contributed by atoms with Crippen LogP contribution in [0.25, 0.3) is 0 Å². The molecular formula is C43H47N3O7. The first-order valence-corrected chi connectivity index (χ1v) is 18.4. The smallest absolute Gasteiger partial charge is 0.313 e. The number of aliphatic hydroxyl groups excluding tert-OH is 1. The molecule has 0 aromatic heterocycles. The van der Waals surface area contributed by atoms with Gasteiger partial charge in [-0.2, -0.15) is 0 Å². The van der Waals surface area contributed by atoms with Crippen LogP contribution >= 0.6 is 0 Å². The van der Waals surface area contributed by atoms with Crippen LogP contribution in [0.3, 0.4) is 0 Å². The number of cyclic esters (lactones) is 1. The molecule has 10 heteroatoms. The molecule has 4 aliphatic rings. The third kappa shape index (κ3) is 6.38. The maximum atomic E-state index is 15.2. The first kappa shape index (κ1) is 36.3. The number of hydrogen-bond acceptors (Lipinski definition) is 7. The molecule has 3 amide bonds. The highest BCUT2D eigenvalue weighted by Crippen LogP contribution is 2.54. The quantitative estimate of drug-likeness (QED) is 0.286. The predicted octanol–water partition coefficient (Wildman–Crippen LogP) is 4.87. The number of para-hydroxylation sites is 1. The van der Waals surface area contributed by atoms with Crippen molar-refractivity contribution in [2.24, 2.45) is 11.8 Å². The number of benzene rings is 3. The van der Waals surface area contributed by atoms with E-state index < -0.39 is 66.3 Å². The van der Waals surface area contributed by atoms with E-state index in [0.29, 0.717) is 12.0 Å². The Balaban J connectivity index is 1.37. The molecule has 53 heavy (non-hydrogen) atoms. The number of rotatable bonds is 6. The van der Waals surface area contributed by atoms with E-state index in [1.807, 2.05) is 112 Å². The fourth-order valence-electron chi connectivity index (χ4n) is 8.79. The van der Waals surface area contributed by atoms with Gasteiger partial charge < -0.3 is 29.3 Å². The van der Waals surface area contributed by atoms with Crippen LogP contribution in [0.5, 0.6) is 0 Å². The van der Waals surface area contributed by atoms with Crippen molar-refractivity contribution in [1.29, 1.82) is 0 Å². The lowest BCUT2D eigenvalue weighted by Gasteiger charge is -2.39. The summed E-state index contributed by atoms with van der Waals surface area (Å²) in [5.74, 6) is -3.81. The summed E-state index contributed by atoms with van der Waals surface area (Å²) in [5, 5.41) is 11.0. The van der Waals surface area contributed by atoms with Gasteiger partial charge in [-0.25, -0.2) is 0 Å². The molecular weight excluding hydrogens is 670 g/mol. The lowest BCUT2D eigenvalue weighted by molar-refractivity contribution is -0.164. The summed E-state index contributed by atoms with van der Waals surface area (Å²) < 4.78 is 13.3. The Bertz CT molecular complexity index is 1910. The van der Waals surface area contributed by atoms with Crippen LogP contribution in [-0.4, -0.2) is 88.6 Å². The summed E-state index contributed by atoms with van der Waals surface area (Å²) in [6, 6.07) is 22.1. The molecule has 0 bridgehead atoms. The molecule has 8 atom stereocenters. The summed E-state index contributed by atoms with van der Waals surface area (Å²) in [6.45, 7) is 5.55. The number of likely N-dealkylation sites (tertiary alicyclic amines) is 1. The van der Waals surface area contributed by atoms with Crippen molar-refractivity contribution >= 4 is 29.4 Å². The van der Waals surface area contributed by atoms with Gasteiger partial charge in [-0.15, -0.1) is 0 Å². The number of amides is 3. The number of nitrogens with zero attached hydrogens (tertiary/aromatic N) is 3. The van der Waals surface area contributed by atoms with Crippen molar-refractivity contribution in [1.82, 2.24) is 9.80 Å². The third-order valence-electron chi connectivity index (χ3n) is 11.5. The second-order valence-corrected chi connectivity index (χ2v) is 14.7. The Morgan fingerprint density at radius 1 is 0.887 bits per heavy atom. The maximum Gasteiger partial charge on any atom is 0.313 e. The normalized spacial score (nSPS) is 30.1. The number of carbonyl (C=O) groups is 4. The van der Waals surface area contributed by atoms with Crippen molar-refractivity contribution < 1.29 is 33.8 Å². The molecule has 7 rings (SSSR count). The van der Waals surface area contributed by atoms with E-state index in [1.165, 1.54) is 4.90 Å². The van der Waals surface area contributed by atoms with Gasteiger partial charge in [0.1, 0.15) is 23.7 Å². The van der Waals surface area contributed by atoms with E-state index in [0.717, 1.165) is 22.4 Å². The Labute approximate surface area is 310 Å². The molecule has 3 aromatic rings. The maximum absolute atomic E-state index is 15.2. The number of ether oxygens (including phenoxy) is 2. The molecule has 1 N–H and O–H groups in total. The van der Waals surface area contributed by atoms with E-state index in [1.54, 1.807) is 29.0 Å². The first-order chi connectivity index (χ1) is 25.6. The minimum atomic E-state index is -1.55. The fourth-order valence-corrected chi connectivity index (χ4v) is 8.79. The highest BCUT2D eigenvalue weighted by molar-refractivity contribution is 6.06. The Hall–Kier alpha value is -5.06. The summed E-state index contributed by atoms with van der Waals surface area (Å²) in [7, 11) is 1.71. The average molecular weight is 718 g/mol. The molecule has 0 aliphatic carbocycles. The lowest BCUT2D eigenvalue weighted by Crippen LogP contribution is -2.58. The van der Waals surface area contributed by atoms with E-state index in [9.17, 15) is 14.7 Å². The van der Waals surface area contributed by atoms with Gasteiger partial charge >= 0.3 is 5.97 Å². The molecule has 0 unspecified atom stereocenters. The molecule has 276 valence electrons. The third-order valence-corrected chi connectivity index (χ3v) is 11.5. The zero-order valence-corrected chi connectivity index (χ0v) is 30.6. The van der Waals surface area contributed by atoms with Crippen molar-refractivity contribution in [2.75, 3.05) is 25.1 Å². The highest BCUT2D eigenvalue weighted by Gasteiger charge is 2.72. The average Bonchev–Trinajstić information content (AvgIpc) is 3.56. The number of aliphatic hydroxyl groups is 1. The van der Waals surface area contributed by atoms with Crippen LogP contribution in [0.2, 0.25) is 0 Å². The van der Waals surface area contributed by atoms with Crippen LogP contribution in [-0.2, 0) is 35.1 Å². The summed E-state index contributed by atoms with van der Waals surface area (Å²) >= 11 is 0. The van der Waals surface area contributed by atoms with Crippen molar-refractivity contribution in [3.63, 3.8) is 0 Å². The fraction of sp³-hybridized carbons (Fsp3) is 0.395. The van der Waals surface area contributed by atoms with Crippen LogP contribution in [0, 0.1) is 25.7 Å². The number of aryl methyl sites for hydroxylation is 2. The van der Waals surface area contributed by atoms with Gasteiger partial charge in [0.25, 0.3) is 5.91 Å². The Kier molecular flexibility index (Phi) is 10.1. The topological polar surface area (TPSA) is 117 Å². The van der Waals surface area contributed by atoms with Crippen LogP contribution in [0.15, 0.2) is 103 Å². The zero-order chi connectivity index (χ0) is 37.4. The van der Waals surface area contributed by atoms with Crippen LogP contribution in [0.1, 0.15) is 48.1 Å². The van der Waals surface area contributed by atoms with Crippen LogP contribution < -0.4 is 4.90 Å². The molecule has 2 fully saturated rings. The van der Waals surface area contributed by atoms with Crippen molar-refractivity contribution in [3.8, 4) is 0 Å². The molecule has 10 nitrogen and oxygen atoms in total. The number of fused-ring (bicyclic) bond motifs is 2. The van der Waals surface area contributed by atoms with Crippen molar-refractivity contribution in [2.45, 2.75) is 76.0 Å². The first-order valence-electron chi connectivity index (χ1n) is 18.4. The van der Waals surface area contributed by atoms with E-state index in [2.05, 4.69) is 0 Å². The predicted molar refractivity (Wildman–Crippen MR) is 200 cm³/mol. The van der Waals surface area contributed by atoms with Gasteiger partial charge in [-0.3, -0.25) is 19.2 Å². The highest BCUT2D eigenvalue weighted by atomic mass is 16.6. The Morgan fingerprint density at radius 3 is 2.25 bits per heavy atom. The molecule has 4 aliphatic heterocycles. The number of anilines is 1. The van der Waals surface area contributed by atoms with Crippen LogP contribution in [0.4, 0.5) is 5.69 Å².